The highest BCUT2D eigenvalue weighted by Gasteiger charge is 2.32. The first-order chi connectivity index (χ1) is 10.1. The van der Waals surface area contributed by atoms with Crippen LogP contribution in [-0.4, -0.2) is 48.2 Å². The van der Waals surface area contributed by atoms with Gasteiger partial charge in [-0.25, -0.2) is 4.39 Å². The average Bonchev–Trinajstić information content (AvgIpc) is 2.93. The zero-order valence-electron chi connectivity index (χ0n) is 11.6. The molecule has 0 spiro atoms. The van der Waals surface area contributed by atoms with Gasteiger partial charge in [-0.05, 0) is 31.5 Å². The van der Waals surface area contributed by atoms with E-state index in [4.69, 9.17) is 4.74 Å². The first-order valence-electron chi connectivity index (χ1n) is 7.17. The summed E-state index contributed by atoms with van der Waals surface area (Å²) >= 11 is 0. The molecule has 3 rings (SSSR count). The van der Waals surface area contributed by atoms with Crippen LogP contribution >= 0.6 is 0 Å². The van der Waals surface area contributed by atoms with Crippen LogP contribution in [0.5, 0.6) is 0 Å². The Hall–Kier alpha value is -1.73. The van der Waals surface area contributed by atoms with Crippen molar-refractivity contribution in [3.8, 4) is 0 Å². The molecule has 2 heterocycles. The SMILES string of the molecule is O=[N+]([O-])c1cc(F)ccc1NCC1CN2CCCC2CO1. The molecule has 0 saturated carbocycles. The Morgan fingerprint density at radius 3 is 3.19 bits per heavy atom. The van der Waals surface area contributed by atoms with Gasteiger partial charge in [-0.1, -0.05) is 0 Å². The third-order valence-electron chi connectivity index (χ3n) is 4.14. The van der Waals surface area contributed by atoms with Crippen molar-refractivity contribution in [2.45, 2.75) is 25.0 Å². The van der Waals surface area contributed by atoms with Gasteiger partial charge in [0.25, 0.3) is 5.69 Å². The molecule has 114 valence electrons. The first-order valence-corrected chi connectivity index (χ1v) is 7.17. The number of nitro groups is 1. The number of hydrogen-bond donors (Lipinski definition) is 1. The Morgan fingerprint density at radius 2 is 2.38 bits per heavy atom. The van der Waals surface area contributed by atoms with Gasteiger partial charge in [0.15, 0.2) is 0 Å². The average molecular weight is 295 g/mol. The van der Waals surface area contributed by atoms with Crippen molar-refractivity contribution in [1.29, 1.82) is 0 Å². The van der Waals surface area contributed by atoms with Crippen LogP contribution in [0.25, 0.3) is 0 Å². The van der Waals surface area contributed by atoms with Crippen LogP contribution in [0.1, 0.15) is 12.8 Å². The van der Waals surface area contributed by atoms with E-state index >= 15 is 0 Å². The maximum atomic E-state index is 13.1. The second-order valence-corrected chi connectivity index (χ2v) is 5.55. The molecule has 0 aliphatic carbocycles. The molecule has 0 bridgehead atoms. The second-order valence-electron chi connectivity index (χ2n) is 5.55. The quantitative estimate of drug-likeness (QED) is 0.680. The summed E-state index contributed by atoms with van der Waals surface area (Å²) in [4.78, 5) is 12.8. The fourth-order valence-corrected chi connectivity index (χ4v) is 3.04. The minimum atomic E-state index is -0.610. The lowest BCUT2D eigenvalue weighted by Gasteiger charge is -2.35. The van der Waals surface area contributed by atoms with E-state index in [9.17, 15) is 14.5 Å². The normalized spacial score (nSPS) is 25.6. The Balaban J connectivity index is 1.61. The van der Waals surface area contributed by atoms with Crippen LogP contribution in [0.4, 0.5) is 15.8 Å². The van der Waals surface area contributed by atoms with E-state index in [0.717, 1.165) is 25.8 Å². The molecular weight excluding hydrogens is 277 g/mol. The summed E-state index contributed by atoms with van der Waals surface area (Å²) < 4.78 is 18.9. The van der Waals surface area contributed by atoms with Gasteiger partial charge in [0.1, 0.15) is 11.5 Å². The Kier molecular flexibility index (Phi) is 4.03. The van der Waals surface area contributed by atoms with E-state index in [1.807, 2.05) is 0 Å². The molecule has 6 nitrogen and oxygen atoms in total. The summed E-state index contributed by atoms with van der Waals surface area (Å²) in [6, 6.07) is 4.07. The van der Waals surface area contributed by atoms with Gasteiger partial charge in [0.2, 0.25) is 0 Å². The topological polar surface area (TPSA) is 67.6 Å². The fourth-order valence-electron chi connectivity index (χ4n) is 3.04. The van der Waals surface area contributed by atoms with Gasteiger partial charge in [-0.15, -0.1) is 0 Å². The molecular formula is C14H18FN3O3. The Bertz CT molecular complexity index is 540. The van der Waals surface area contributed by atoms with Crippen LogP contribution < -0.4 is 5.32 Å². The Labute approximate surface area is 122 Å². The molecule has 2 fully saturated rings. The number of anilines is 1. The Morgan fingerprint density at radius 1 is 1.52 bits per heavy atom. The fraction of sp³-hybridized carbons (Fsp3) is 0.571. The predicted molar refractivity (Wildman–Crippen MR) is 75.9 cm³/mol. The van der Waals surface area contributed by atoms with Gasteiger partial charge in [-0.3, -0.25) is 15.0 Å². The van der Waals surface area contributed by atoms with Crippen LogP contribution in [0.2, 0.25) is 0 Å². The maximum Gasteiger partial charge on any atom is 0.295 e. The zero-order chi connectivity index (χ0) is 14.8. The largest absolute Gasteiger partial charge is 0.377 e. The summed E-state index contributed by atoms with van der Waals surface area (Å²) in [5.74, 6) is -0.610. The summed E-state index contributed by atoms with van der Waals surface area (Å²) in [5, 5.41) is 13.9. The van der Waals surface area contributed by atoms with Crippen LogP contribution in [0.3, 0.4) is 0 Å². The van der Waals surface area contributed by atoms with E-state index in [0.29, 0.717) is 18.3 Å². The van der Waals surface area contributed by atoms with Crippen molar-refractivity contribution in [1.82, 2.24) is 4.90 Å². The molecule has 21 heavy (non-hydrogen) atoms. The lowest BCUT2D eigenvalue weighted by Crippen LogP contribution is -2.48. The van der Waals surface area contributed by atoms with Crippen molar-refractivity contribution < 1.29 is 14.1 Å². The van der Waals surface area contributed by atoms with Gasteiger partial charge in [-0.2, -0.15) is 0 Å². The minimum absolute atomic E-state index is 0.00371. The van der Waals surface area contributed by atoms with Gasteiger partial charge < -0.3 is 10.1 Å². The van der Waals surface area contributed by atoms with Gasteiger partial charge >= 0.3 is 0 Å². The lowest BCUT2D eigenvalue weighted by molar-refractivity contribution is -0.384. The van der Waals surface area contributed by atoms with Crippen molar-refractivity contribution in [3.05, 3.63) is 34.1 Å². The molecule has 0 amide bonds. The van der Waals surface area contributed by atoms with Gasteiger partial charge in [0, 0.05) is 19.1 Å². The smallest absolute Gasteiger partial charge is 0.295 e. The highest BCUT2D eigenvalue weighted by Crippen LogP contribution is 2.26. The number of nitrogens with zero attached hydrogens (tertiary/aromatic N) is 2. The summed E-state index contributed by atoms with van der Waals surface area (Å²) in [5.41, 5.74) is 0.0819. The van der Waals surface area contributed by atoms with E-state index in [2.05, 4.69) is 10.2 Å². The number of morpholine rings is 1. The van der Waals surface area contributed by atoms with Crippen molar-refractivity contribution in [2.24, 2.45) is 0 Å². The maximum absolute atomic E-state index is 13.1. The van der Waals surface area contributed by atoms with Crippen LogP contribution in [-0.2, 0) is 4.74 Å². The van der Waals surface area contributed by atoms with E-state index in [1.54, 1.807) is 0 Å². The molecule has 1 aromatic rings. The standard InChI is InChI=1S/C14H18FN3O3/c15-10-3-4-13(14(6-10)18(19)20)16-7-12-8-17-5-1-2-11(17)9-21-12/h3-4,6,11-12,16H,1-2,5,7-9H2. The summed E-state index contributed by atoms with van der Waals surface area (Å²) in [7, 11) is 0. The number of fused-ring (bicyclic) bond motifs is 1. The second kappa shape index (κ2) is 5.95. The molecule has 2 unspecified atom stereocenters. The number of nitrogens with one attached hydrogen (secondary N) is 1. The highest BCUT2D eigenvalue weighted by molar-refractivity contribution is 5.61. The molecule has 2 saturated heterocycles. The van der Waals surface area contributed by atoms with E-state index < -0.39 is 10.7 Å². The molecule has 0 radical (unpaired) electrons. The number of benzene rings is 1. The lowest BCUT2D eigenvalue weighted by atomic mass is 10.2. The number of rotatable bonds is 4. The molecule has 1 aromatic carbocycles. The molecule has 2 aliphatic rings. The summed E-state index contributed by atoms with van der Waals surface area (Å²) in [6.07, 6.45) is 2.39. The third kappa shape index (κ3) is 3.14. The highest BCUT2D eigenvalue weighted by atomic mass is 19.1. The zero-order valence-corrected chi connectivity index (χ0v) is 11.6. The minimum Gasteiger partial charge on any atom is -0.377 e. The van der Waals surface area contributed by atoms with E-state index in [1.165, 1.54) is 25.0 Å². The van der Waals surface area contributed by atoms with Gasteiger partial charge in [0.05, 0.1) is 23.7 Å². The summed E-state index contributed by atoms with van der Waals surface area (Å²) in [6.45, 7) is 3.14. The van der Waals surface area contributed by atoms with Crippen molar-refractivity contribution in [3.63, 3.8) is 0 Å². The monoisotopic (exact) mass is 295 g/mol. The molecule has 0 aromatic heterocycles. The molecule has 1 N–H and O–H groups in total. The van der Waals surface area contributed by atoms with Crippen LogP contribution in [0, 0.1) is 15.9 Å². The number of ether oxygens (including phenoxy) is 1. The van der Waals surface area contributed by atoms with Crippen molar-refractivity contribution in [2.75, 3.05) is 31.6 Å². The third-order valence-corrected chi connectivity index (χ3v) is 4.14. The molecule has 2 atom stereocenters. The number of halogens is 1. The van der Waals surface area contributed by atoms with Crippen LogP contribution in [0.15, 0.2) is 18.2 Å². The molecule has 2 aliphatic heterocycles. The number of hydrogen-bond acceptors (Lipinski definition) is 5. The molecule has 7 heteroatoms. The first kappa shape index (κ1) is 14.2. The predicted octanol–water partition coefficient (Wildman–Crippen LogP) is 2.01. The number of nitro benzene ring substituents is 1. The van der Waals surface area contributed by atoms with Crippen molar-refractivity contribution >= 4 is 11.4 Å². The van der Waals surface area contributed by atoms with E-state index in [-0.39, 0.29) is 11.8 Å².